The molecule has 1 aromatic heterocycles. The first kappa shape index (κ1) is 10.2. The molecule has 0 aliphatic carbocycles. The first-order valence-corrected chi connectivity index (χ1v) is 3.97. The molecule has 0 aliphatic rings. The Morgan fingerprint density at radius 1 is 1.21 bits per heavy atom. The summed E-state index contributed by atoms with van der Waals surface area (Å²) in [6.45, 7) is 7.43. The fraction of sp³-hybridized carbons (Fsp3) is 0.200. The zero-order valence-electron chi connectivity index (χ0n) is 8.28. The topological polar surface area (TPSA) is 44.2 Å². The Kier molecular flexibility index (Phi) is 3.23. The molecule has 4 heteroatoms. The first-order valence-electron chi connectivity index (χ1n) is 3.97. The Bertz CT molecular complexity index is 326. The highest BCUT2D eigenvalue weighted by Gasteiger charge is 2.10. The lowest BCUT2D eigenvalue weighted by Crippen LogP contribution is -1.99. The molecule has 74 valence electrons. The lowest BCUT2D eigenvalue weighted by atomic mass is 10.2. The van der Waals surface area contributed by atoms with E-state index >= 15 is 0 Å². The third-order valence-electron chi connectivity index (χ3n) is 1.77. The van der Waals surface area contributed by atoms with Crippen molar-refractivity contribution in [2.24, 2.45) is 0 Å². The van der Waals surface area contributed by atoms with Crippen LogP contribution in [-0.4, -0.2) is 24.2 Å². The Morgan fingerprint density at radius 2 is 1.86 bits per heavy atom. The summed E-state index contributed by atoms with van der Waals surface area (Å²) in [5, 5.41) is 0. The normalized spacial score (nSPS) is 9.29. The van der Waals surface area contributed by atoms with Gasteiger partial charge in [0.25, 0.3) is 0 Å². The fourth-order valence-electron chi connectivity index (χ4n) is 0.963. The second-order valence-electron chi connectivity index (χ2n) is 2.54. The fourth-order valence-corrected chi connectivity index (χ4v) is 0.963. The summed E-state index contributed by atoms with van der Waals surface area (Å²) in [6.07, 6.45) is 3.03. The smallest absolute Gasteiger partial charge is 0.138 e. The van der Waals surface area contributed by atoms with Gasteiger partial charge < -0.3 is 9.47 Å². The van der Waals surface area contributed by atoms with Crippen LogP contribution in [0.2, 0.25) is 0 Å². The van der Waals surface area contributed by atoms with E-state index < -0.39 is 0 Å². The molecule has 1 heterocycles. The van der Waals surface area contributed by atoms with Gasteiger partial charge in [0, 0.05) is 6.20 Å². The van der Waals surface area contributed by atoms with Crippen molar-refractivity contribution in [1.82, 2.24) is 9.97 Å². The van der Waals surface area contributed by atoms with Crippen molar-refractivity contribution < 1.29 is 9.47 Å². The van der Waals surface area contributed by atoms with Crippen molar-refractivity contribution in [3.05, 3.63) is 36.9 Å². The number of rotatable bonds is 4. The van der Waals surface area contributed by atoms with E-state index in [9.17, 15) is 0 Å². The largest absolute Gasteiger partial charge is 0.497 e. The van der Waals surface area contributed by atoms with Crippen LogP contribution >= 0.6 is 0 Å². The van der Waals surface area contributed by atoms with Crippen LogP contribution in [0.5, 0.6) is 0 Å². The van der Waals surface area contributed by atoms with Crippen molar-refractivity contribution in [3.63, 3.8) is 0 Å². The molecule has 14 heavy (non-hydrogen) atoms. The maximum atomic E-state index is 5.00. The molecule has 1 aromatic rings. The molecule has 0 fully saturated rings. The Labute approximate surface area is 82.9 Å². The number of nitrogens with zero attached hydrogens (tertiary/aromatic N) is 2. The van der Waals surface area contributed by atoms with Crippen molar-refractivity contribution in [2.75, 3.05) is 14.2 Å². The standard InChI is InChI=1S/C10H12N2O2/c1-7(13-3)9-5-11-6-12-10(9)8(2)14-4/h5-6H,1-2H2,3-4H3. The van der Waals surface area contributed by atoms with E-state index in [1.807, 2.05) is 0 Å². The van der Waals surface area contributed by atoms with Gasteiger partial charge in [-0.2, -0.15) is 0 Å². The zero-order chi connectivity index (χ0) is 10.6. The van der Waals surface area contributed by atoms with E-state index in [0.29, 0.717) is 22.8 Å². The third-order valence-corrected chi connectivity index (χ3v) is 1.77. The maximum Gasteiger partial charge on any atom is 0.138 e. The van der Waals surface area contributed by atoms with E-state index in [1.165, 1.54) is 20.5 Å². The minimum atomic E-state index is 0.459. The minimum Gasteiger partial charge on any atom is -0.497 e. The molecule has 0 aliphatic heterocycles. The number of methoxy groups -OCH3 is 2. The molecule has 0 spiro atoms. The number of hydrogen-bond acceptors (Lipinski definition) is 4. The van der Waals surface area contributed by atoms with Crippen LogP contribution < -0.4 is 0 Å². The molecular formula is C10H12N2O2. The summed E-state index contributed by atoms with van der Waals surface area (Å²) in [5.41, 5.74) is 1.27. The van der Waals surface area contributed by atoms with Gasteiger partial charge in [-0.1, -0.05) is 13.2 Å². The Morgan fingerprint density at radius 3 is 2.43 bits per heavy atom. The van der Waals surface area contributed by atoms with E-state index in [4.69, 9.17) is 9.47 Å². The monoisotopic (exact) mass is 192 g/mol. The lowest BCUT2D eigenvalue weighted by molar-refractivity contribution is 0.362. The summed E-state index contributed by atoms with van der Waals surface area (Å²) in [7, 11) is 3.07. The van der Waals surface area contributed by atoms with Gasteiger partial charge in [0.05, 0.1) is 19.8 Å². The van der Waals surface area contributed by atoms with Crippen molar-refractivity contribution in [2.45, 2.75) is 0 Å². The molecule has 0 unspecified atom stereocenters. The number of hydrogen-bond donors (Lipinski definition) is 0. The van der Waals surface area contributed by atoms with Crippen LogP contribution in [0.15, 0.2) is 25.7 Å². The van der Waals surface area contributed by atoms with Crippen molar-refractivity contribution >= 4 is 11.5 Å². The van der Waals surface area contributed by atoms with Gasteiger partial charge in [0.15, 0.2) is 0 Å². The van der Waals surface area contributed by atoms with Gasteiger partial charge in [0.2, 0.25) is 0 Å². The second-order valence-corrected chi connectivity index (χ2v) is 2.54. The van der Waals surface area contributed by atoms with Gasteiger partial charge in [0.1, 0.15) is 23.5 Å². The number of aromatic nitrogens is 2. The maximum absolute atomic E-state index is 5.00. The molecule has 0 bridgehead atoms. The van der Waals surface area contributed by atoms with Gasteiger partial charge in [-0.15, -0.1) is 0 Å². The van der Waals surface area contributed by atoms with Gasteiger partial charge in [-0.05, 0) is 0 Å². The molecule has 1 rings (SSSR count). The van der Waals surface area contributed by atoms with E-state index in [2.05, 4.69) is 23.1 Å². The second kappa shape index (κ2) is 4.41. The van der Waals surface area contributed by atoms with Gasteiger partial charge >= 0.3 is 0 Å². The predicted octanol–water partition coefficient (Wildman–Crippen LogP) is 1.71. The first-order chi connectivity index (χ1) is 6.70. The van der Waals surface area contributed by atoms with Crippen LogP contribution in [-0.2, 0) is 9.47 Å². The molecule has 0 radical (unpaired) electrons. The predicted molar refractivity (Wildman–Crippen MR) is 54.1 cm³/mol. The molecule has 0 saturated heterocycles. The summed E-state index contributed by atoms with van der Waals surface area (Å²) in [5.74, 6) is 0.944. The summed E-state index contributed by atoms with van der Waals surface area (Å²) in [6, 6.07) is 0. The quantitative estimate of drug-likeness (QED) is 0.681. The van der Waals surface area contributed by atoms with Crippen LogP contribution in [0.3, 0.4) is 0 Å². The van der Waals surface area contributed by atoms with Crippen LogP contribution in [0.1, 0.15) is 11.3 Å². The van der Waals surface area contributed by atoms with E-state index in [1.54, 1.807) is 6.20 Å². The molecule has 0 amide bonds. The average molecular weight is 192 g/mol. The van der Waals surface area contributed by atoms with Crippen molar-refractivity contribution in [1.29, 1.82) is 0 Å². The van der Waals surface area contributed by atoms with Gasteiger partial charge in [-0.25, -0.2) is 9.97 Å². The minimum absolute atomic E-state index is 0.459. The van der Waals surface area contributed by atoms with Crippen LogP contribution in [0.25, 0.3) is 11.5 Å². The SMILES string of the molecule is C=C(OC)c1cncnc1C(=C)OC. The highest BCUT2D eigenvalue weighted by atomic mass is 16.5. The highest BCUT2D eigenvalue weighted by Crippen LogP contribution is 2.20. The molecule has 4 nitrogen and oxygen atoms in total. The zero-order valence-corrected chi connectivity index (χ0v) is 8.28. The lowest BCUT2D eigenvalue weighted by Gasteiger charge is -2.09. The number of ether oxygens (including phenoxy) is 2. The third kappa shape index (κ3) is 1.90. The van der Waals surface area contributed by atoms with E-state index in [-0.39, 0.29) is 0 Å². The summed E-state index contributed by atoms with van der Waals surface area (Å²) < 4.78 is 9.99. The Balaban J connectivity index is 3.15. The van der Waals surface area contributed by atoms with Crippen molar-refractivity contribution in [3.8, 4) is 0 Å². The van der Waals surface area contributed by atoms with Crippen LogP contribution in [0.4, 0.5) is 0 Å². The Hall–Kier alpha value is -1.84. The van der Waals surface area contributed by atoms with E-state index in [0.717, 1.165) is 0 Å². The van der Waals surface area contributed by atoms with Gasteiger partial charge in [-0.3, -0.25) is 0 Å². The molecule has 0 saturated carbocycles. The summed E-state index contributed by atoms with van der Waals surface area (Å²) >= 11 is 0. The molecular weight excluding hydrogens is 180 g/mol. The molecule has 0 aromatic carbocycles. The molecule has 0 N–H and O–H groups in total. The van der Waals surface area contributed by atoms with Crippen LogP contribution in [0, 0.1) is 0 Å². The summed E-state index contributed by atoms with van der Waals surface area (Å²) in [4.78, 5) is 7.92. The average Bonchev–Trinajstić information content (AvgIpc) is 2.27. The highest BCUT2D eigenvalue weighted by molar-refractivity contribution is 5.69. The molecule has 0 atom stereocenters.